The van der Waals surface area contributed by atoms with Gasteiger partial charge in [0.25, 0.3) is 0 Å². The molecule has 0 atom stereocenters. The Hall–Kier alpha value is -0.860. The molecule has 1 heterocycles. The second-order valence-electron chi connectivity index (χ2n) is 4.15. The molecule has 8 heteroatoms. The molecule has 0 radical (unpaired) electrons. The number of aliphatic carboxylic acids is 1. The highest BCUT2D eigenvalue weighted by Gasteiger charge is 2.36. The van der Waals surface area contributed by atoms with Crippen molar-refractivity contribution in [3.8, 4) is 0 Å². The molecule has 100 valence electrons. The van der Waals surface area contributed by atoms with Gasteiger partial charge in [-0.05, 0) is 19.3 Å². The van der Waals surface area contributed by atoms with E-state index in [1.165, 1.54) is 29.5 Å². The van der Waals surface area contributed by atoms with Gasteiger partial charge in [-0.3, -0.25) is 4.79 Å². The van der Waals surface area contributed by atoms with Crippen LogP contribution in [0.15, 0.2) is 4.34 Å². The van der Waals surface area contributed by atoms with E-state index in [9.17, 15) is 4.79 Å². The van der Waals surface area contributed by atoms with Crippen molar-refractivity contribution >= 4 is 34.2 Å². The molecule has 1 aliphatic rings. The molecule has 18 heavy (non-hydrogen) atoms. The van der Waals surface area contributed by atoms with Crippen LogP contribution in [0, 0.1) is 0 Å². The van der Waals surface area contributed by atoms with E-state index in [4.69, 9.17) is 9.84 Å². The lowest BCUT2D eigenvalue weighted by molar-refractivity contribution is -0.133. The Morgan fingerprint density at radius 2 is 2.39 bits per heavy atom. The Labute approximate surface area is 113 Å². The third kappa shape index (κ3) is 3.33. The Morgan fingerprint density at radius 3 is 2.94 bits per heavy atom. The third-order valence-electron chi connectivity index (χ3n) is 2.99. The molecular weight excluding hydrogens is 274 g/mol. The number of methoxy groups -OCH3 is 1. The maximum Gasteiger partial charge on any atom is 0.313 e. The first-order valence-corrected chi connectivity index (χ1v) is 7.41. The summed E-state index contributed by atoms with van der Waals surface area (Å²) in [6.07, 6.45) is 3.33. The minimum absolute atomic E-state index is 0.0106. The molecule has 1 saturated carbocycles. The lowest BCUT2D eigenvalue weighted by atomic mass is 9.80. The molecule has 1 fully saturated rings. The average molecular weight is 289 g/mol. The number of nitrogens with one attached hydrogen (secondary N) is 1. The van der Waals surface area contributed by atoms with Crippen LogP contribution in [0.5, 0.6) is 0 Å². The van der Waals surface area contributed by atoms with Crippen LogP contribution in [-0.2, 0) is 9.53 Å². The van der Waals surface area contributed by atoms with E-state index in [0.29, 0.717) is 9.47 Å². The summed E-state index contributed by atoms with van der Waals surface area (Å²) in [6.45, 7) is 0.724. The van der Waals surface area contributed by atoms with Crippen molar-refractivity contribution in [2.24, 2.45) is 0 Å². The number of ether oxygens (including phenoxy) is 1. The summed E-state index contributed by atoms with van der Waals surface area (Å²) in [5, 5.41) is 20.4. The van der Waals surface area contributed by atoms with E-state index in [1.807, 2.05) is 0 Å². The van der Waals surface area contributed by atoms with Crippen molar-refractivity contribution in [1.82, 2.24) is 10.2 Å². The van der Waals surface area contributed by atoms with Gasteiger partial charge >= 0.3 is 5.97 Å². The van der Waals surface area contributed by atoms with E-state index in [0.717, 1.165) is 19.4 Å². The van der Waals surface area contributed by atoms with Crippen molar-refractivity contribution in [3.63, 3.8) is 0 Å². The molecule has 0 saturated heterocycles. The van der Waals surface area contributed by atoms with Crippen molar-refractivity contribution in [2.45, 2.75) is 29.2 Å². The quantitative estimate of drug-likeness (QED) is 0.739. The van der Waals surface area contributed by atoms with Crippen LogP contribution in [0.3, 0.4) is 0 Å². The van der Waals surface area contributed by atoms with Gasteiger partial charge in [-0.25, -0.2) is 0 Å². The number of carboxylic acids is 1. The number of hydrogen-bond acceptors (Lipinski definition) is 7. The number of hydrogen-bond donors (Lipinski definition) is 2. The van der Waals surface area contributed by atoms with E-state index in [2.05, 4.69) is 15.5 Å². The van der Waals surface area contributed by atoms with Crippen LogP contribution >= 0.6 is 23.1 Å². The van der Waals surface area contributed by atoms with Gasteiger partial charge < -0.3 is 15.2 Å². The van der Waals surface area contributed by atoms with Crippen LogP contribution in [0.1, 0.15) is 19.3 Å². The number of carboxylic acid groups (broad SMARTS) is 1. The van der Waals surface area contributed by atoms with Gasteiger partial charge in [0, 0.05) is 13.7 Å². The lowest BCUT2D eigenvalue weighted by Crippen LogP contribution is -2.45. The van der Waals surface area contributed by atoms with Gasteiger partial charge in [-0.1, -0.05) is 23.1 Å². The zero-order valence-corrected chi connectivity index (χ0v) is 11.6. The summed E-state index contributed by atoms with van der Waals surface area (Å²) < 4.78 is 6.16. The fourth-order valence-electron chi connectivity index (χ4n) is 1.72. The zero-order chi connectivity index (χ0) is 13.0. The number of nitrogens with zero attached hydrogens (tertiary/aromatic N) is 2. The number of thioether (sulfide) groups is 1. The summed E-state index contributed by atoms with van der Waals surface area (Å²) in [7, 11) is 1.73. The fraction of sp³-hybridized carbons (Fsp3) is 0.700. The van der Waals surface area contributed by atoms with E-state index in [1.54, 1.807) is 7.11 Å². The molecule has 0 spiro atoms. The molecule has 1 aromatic heterocycles. The molecular formula is C10H15N3O3S2. The lowest BCUT2D eigenvalue weighted by Gasteiger charge is -2.40. The average Bonchev–Trinajstić information content (AvgIpc) is 2.74. The Morgan fingerprint density at radius 1 is 1.61 bits per heavy atom. The van der Waals surface area contributed by atoms with Crippen LogP contribution in [-0.4, -0.2) is 46.3 Å². The SMILES string of the molecule is COC1(CNc2nnc(SCC(=O)O)s2)CCC1. The van der Waals surface area contributed by atoms with Gasteiger partial charge in [0.2, 0.25) is 5.13 Å². The molecule has 0 aromatic carbocycles. The Balaban J connectivity index is 1.81. The van der Waals surface area contributed by atoms with Crippen LogP contribution in [0.25, 0.3) is 0 Å². The highest BCUT2D eigenvalue weighted by Crippen LogP contribution is 2.35. The molecule has 1 aliphatic carbocycles. The molecule has 1 aromatic rings. The van der Waals surface area contributed by atoms with Crippen molar-refractivity contribution < 1.29 is 14.6 Å². The van der Waals surface area contributed by atoms with E-state index >= 15 is 0 Å². The van der Waals surface area contributed by atoms with Gasteiger partial charge in [0.1, 0.15) is 0 Å². The predicted molar refractivity (Wildman–Crippen MR) is 70.3 cm³/mol. The molecule has 6 nitrogen and oxygen atoms in total. The Kier molecular flexibility index (Phi) is 4.41. The predicted octanol–water partition coefficient (Wildman–Crippen LogP) is 1.70. The van der Waals surface area contributed by atoms with E-state index in [-0.39, 0.29) is 11.4 Å². The largest absolute Gasteiger partial charge is 0.481 e. The topological polar surface area (TPSA) is 84.3 Å². The van der Waals surface area contributed by atoms with Gasteiger partial charge in [0.05, 0.1) is 11.4 Å². The number of anilines is 1. The highest BCUT2D eigenvalue weighted by atomic mass is 32.2. The molecule has 0 bridgehead atoms. The summed E-state index contributed by atoms with van der Waals surface area (Å²) in [6, 6.07) is 0. The minimum Gasteiger partial charge on any atom is -0.481 e. The maximum atomic E-state index is 10.4. The van der Waals surface area contributed by atoms with Gasteiger partial charge in [-0.15, -0.1) is 10.2 Å². The smallest absolute Gasteiger partial charge is 0.313 e. The molecule has 2 rings (SSSR count). The van der Waals surface area contributed by atoms with Crippen LogP contribution in [0.2, 0.25) is 0 Å². The molecule has 0 aliphatic heterocycles. The standard InChI is InChI=1S/C10H15N3O3S2/c1-16-10(3-2-4-10)6-11-8-12-13-9(18-8)17-5-7(14)15/h2-6H2,1H3,(H,11,12)(H,14,15). The number of carbonyl (C=O) groups is 1. The first-order valence-electron chi connectivity index (χ1n) is 5.61. The van der Waals surface area contributed by atoms with Crippen molar-refractivity contribution in [2.75, 3.05) is 24.7 Å². The summed E-state index contributed by atoms with van der Waals surface area (Å²) in [5.41, 5.74) is -0.0555. The van der Waals surface area contributed by atoms with Gasteiger partial charge in [-0.2, -0.15) is 0 Å². The summed E-state index contributed by atoms with van der Waals surface area (Å²) >= 11 is 2.55. The Bertz CT molecular complexity index is 415. The minimum atomic E-state index is -0.850. The molecule has 0 unspecified atom stereocenters. The number of rotatable bonds is 7. The molecule has 2 N–H and O–H groups in total. The second kappa shape index (κ2) is 5.85. The third-order valence-corrected chi connectivity index (χ3v) is 4.98. The zero-order valence-electron chi connectivity index (χ0n) is 10.0. The van der Waals surface area contributed by atoms with Crippen LogP contribution < -0.4 is 5.32 Å². The van der Waals surface area contributed by atoms with E-state index < -0.39 is 5.97 Å². The normalized spacial score (nSPS) is 17.2. The molecule has 0 amide bonds. The number of aromatic nitrogens is 2. The first kappa shape index (κ1) is 13.6. The fourth-order valence-corrected chi connectivity index (χ4v) is 3.19. The summed E-state index contributed by atoms with van der Waals surface area (Å²) in [5.74, 6) is -0.839. The van der Waals surface area contributed by atoms with Crippen molar-refractivity contribution in [3.05, 3.63) is 0 Å². The summed E-state index contributed by atoms with van der Waals surface area (Å²) in [4.78, 5) is 10.4. The second-order valence-corrected chi connectivity index (χ2v) is 6.35. The highest BCUT2D eigenvalue weighted by molar-refractivity contribution is 8.01. The monoisotopic (exact) mass is 289 g/mol. The van der Waals surface area contributed by atoms with Crippen LogP contribution in [0.4, 0.5) is 5.13 Å². The first-order chi connectivity index (χ1) is 8.63. The van der Waals surface area contributed by atoms with Gasteiger partial charge in [0.15, 0.2) is 4.34 Å². The van der Waals surface area contributed by atoms with Crippen molar-refractivity contribution in [1.29, 1.82) is 0 Å². The maximum absolute atomic E-state index is 10.4.